The van der Waals surface area contributed by atoms with Crippen LogP contribution in [0.25, 0.3) is 0 Å². The van der Waals surface area contributed by atoms with Gasteiger partial charge in [-0.2, -0.15) is 5.26 Å². The van der Waals surface area contributed by atoms with Crippen molar-refractivity contribution in [2.75, 3.05) is 0 Å². The molecule has 4 nitrogen and oxygen atoms in total. The summed E-state index contributed by atoms with van der Waals surface area (Å²) in [6.45, 7) is 2.29. The van der Waals surface area contributed by atoms with E-state index < -0.39 is 53.1 Å². The maximum atomic E-state index is 14.0. The Morgan fingerprint density at radius 1 is 1.10 bits per heavy atom. The van der Waals surface area contributed by atoms with Crippen molar-refractivity contribution in [3.05, 3.63) is 28.6 Å². The number of nitrogens with zero attached hydrogens (tertiary/aromatic N) is 2. The predicted octanol–water partition coefficient (Wildman–Crippen LogP) is 2.01. The standard InChI is InChI=1S/C12H12F4N2O2.Cu/c1-4(19)7(5(2)20)8-9(13)6(3-17)18-11(10(8)14)12(15)16;/h4-5,7,12,19-20H,1-2H3;. The van der Waals surface area contributed by atoms with Crippen LogP contribution >= 0.6 is 0 Å². The summed E-state index contributed by atoms with van der Waals surface area (Å²) in [4.78, 5) is 2.93. The van der Waals surface area contributed by atoms with Gasteiger partial charge in [-0.3, -0.25) is 0 Å². The van der Waals surface area contributed by atoms with Crippen LogP contribution in [0, 0.1) is 23.0 Å². The third-order valence-electron chi connectivity index (χ3n) is 2.82. The van der Waals surface area contributed by atoms with E-state index in [1.54, 1.807) is 0 Å². The van der Waals surface area contributed by atoms with Gasteiger partial charge in [0.15, 0.2) is 17.3 Å². The molecule has 2 atom stereocenters. The molecule has 0 aliphatic carbocycles. The van der Waals surface area contributed by atoms with E-state index >= 15 is 0 Å². The van der Waals surface area contributed by atoms with Gasteiger partial charge in [-0.1, -0.05) is 0 Å². The van der Waals surface area contributed by atoms with Gasteiger partial charge >= 0.3 is 0 Å². The number of alkyl halides is 2. The van der Waals surface area contributed by atoms with Crippen molar-refractivity contribution in [1.29, 1.82) is 5.26 Å². The van der Waals surface area contributed by atoms with Crippen LogP contribution in [0.3, 0.4) is 0 Å². The maximum absolute atomic E-state index is 14.0. The first-order chi connectivity index (χ1) is 9.22. The second kappa shape index (κ2) is 7.71. The van der Waals surface area contributed by atoms with Gasteiger partial charge in [0.1, 0.15) is 11.8 Å². The smallest absolute Gasteiger partial charge is 0.283 e. The molecule has 1 aromatic rings. The average molecular weight is 356 g/mol. The van der Waals surface area contributed by atoms with E-state index in [1.807, 2.05) is 0 Å². The van der Waals surface area contributed by atoms with Crippen LogP contribution in [0.1, 0.15) is 43.1 Å². The fraction of sp³-hybridized carbons (Fsp3) is 0.500. The fourth-order valence-corrected chi connectivity index (χ4v) is 1.98. The molecule has 0 saturated heterocycles. The molecule has 21 heavy (non-hydrogen) atoms. The summed E-state index contributed by atoms with van der Waals surface area (Å²) in [5.74, 6) is -4.62. The van der Waals surface area contributed by atoms with Crippen molar-refractivity contribution < 1.29 is 44.8 Å². The summed E-state index contributed by atoms with van der Waals surface area (Å²) in [6, 6.07) is 1.24. The molecule has 0 bridgehead atoms. The van der Waals surface area contributed by atoms with Crippen molar-refractivity contribution in [2.24, 2.45) is 0 Å². The molecule has 121 valence electrons. The van der Waals surface area contributed by atoms with Crippen molar-refractivity contribution in [3.63, 3.8) is 0 Å². The van der Waals surface area contributed by atoms with Crippen LogP contribution in [-0.4, -0.2) is 27.4 Å². The first-order valence-electron chi connectivity index (χ1n) is 5.65. The number of aliphatic hydroxyl groups excluding tert-OH is 2. The molecule has 2 unspecified atom stereocenters. The Kier molecular flexibility index (Phi) is 7.27. The third kappa shape index (κ3) is 3.92. The third-order valence-corrected chi connectivity index (χ3v) is 2.82. The zero-order valence-corrected chi connectivity index (χ0v) is 11.9. The zero-order valence-electron chi connectivity index (χ0n) is 10.9. The summed E-state index contributed by atoms with van der Waals surface area (Å²) < 4.78 is 53.2. The molecule has 0 aliphatic rings. The monoisotopic (exact) mass is 355 g/mol. The van der Waals surface area contributed by atoms with Crippen LogP contribution in [0.4, 0.5) is 17.6 Å². The molecular weight excluding hydrogens is 344 g/mol. The normalized spacial score (nSPS) is 15.0. The van der Waals surface area contributed by atoms with Gasteiger partial charge in [0.05, 0.1) is 12.2 Å². The number of nitriles is 1. The quantitative estimate of drug-likeness (QED) is 0.640. The van der Waals surface area contributed by atoms with E-state index in [9.17, 15) is 27.8 Å². The second-order valence-electron chi connectivity index (χ2n) is 4.31. The van der Waals surface area contributed by atoms with Crippen molar-refractivity contribution in [2.45, 2.75) is 38.4 Å². The van der Waals surface area contributed by atoms with Gasteiger partial charge in [-0.25, -0.2) is 22.5 Å². The molecule has 0 amide bonds. The molecule has 2 N–H and O–H groups in total. The molecule has 1 rings (SSSR count). The Hall–Kier alpha value is -1.20. The number of aliphatic hydroxyl groups is 2. The minimum absolute atomic E-state index is 0. The van der Waals surface area contributed by atoms with Gasteiger partial charge in [-0.05, 0) is 13.8 Å². The van der Waals surface area contributed by atoms with Gasteiger partial charge in [0.2, 0.25) is 0 Å². The van der Waals surface area contributed by atoms with E-state index in [0.717, 1.165) is 13.8 Å². The largest absolute Gasteiger partial charge is 0.393 e. The van der Waals surface area contributed by atoms with E-state index in [4.69, 9.17) is 5.26 Å². The summed E-state index contributed by atoms with van der Waals surface area (Å²) in [5.41, 5.74) is -3.36. The summed E-state index contributed by atoms with van der Waals surface area (Å²) in [5, 5.41) is 27.6. The summed E-state index contributed by atoms with van der Waals surface area (Å²) >= 11 is 0. The number of aromatic nitrogens is 1. The van der Waals surface area contributed by atoms with Gasteiger partial charge in [0.25, 0.3) is 6.43 Å². The summed E-state index contributed by atoms with van der Waals surface area (Å²) in [6.07, 6.45) is -6.19. The van der Waals surface area contributed by atoms with E-state index in [2.05, 4.69) is 4.98 Å². The molecular formula is C12H12CuF4N2O2. The van der Waals surface area contributed by atoms with Crippen LogP contribution in [0.15, 0.2) is 0 Å². The Balaban J connectivity index is 0.00000400. The fourth-order valence-electron chi connectivity index (χ4n) is 1.98. The van der Waals surface area contributed by atoms with Crippen LogP contribution in [0.2, 0.25) is 0 Å². The molecule has 0 aliphatic heterocycles. The van der Waals surface area contributed by atoms with Crippen molar-refractivity contribution >= 4 is 0 Å². The molecule has 1 radical (unpaired) electrons. The Labute approximate surface area is 128 Å². The van der Waals surface area contributed by atoms with E-state index in [0.29, 0.717) is 0 Å². The number of pyridine rings is 1. The SMILES string of the molecule is CC(O)C(c1c(F)c(C#N)nc(C(F)F)c1F)C(C)O.[Cu]. The van der Waals surface area contributed by atoms with Crippen molar-refractivity contribution in [1.82, 2.24) is 4.98 Å². The number of halogens is 4. The number of hydrogen-bond donors (Lipinski definition) is 2. The zero-order chi connectivity index (χ0) is 15.6. The second-order valence-corrected chi connectivity index (χ2v) is 4.31. The van der Waals surface area contributed by atoms with Crippen molar-refractivity contribution in [3.8, 4) is 6.07 Å². The predicted molar refractivity (Wildman–Crippen MR) is 59.9 cm³/mol. The van der Waals surface area contributed by atoms with Crippen LogP contribution in [-0.2, 0) is 17.1 Å². The molecule has 0 aromatic carbocycles. The minimum atomic E-state index is -3.36. The average Bonchev–Trinajstić information content (AvgIpc) is 2.33. The number of rotatable bonds is 4. The van der Waals surface area contributed by atoms with Gasteiger partial charge in [0, 0.05) is 28.6 Å². The Morgan fingerprint density at radius 2 is 1.57 bits per heavy atom. The summed E-state index contributed by atoms with van der Waals surface area (Å²) in [7, 11) is 0. The molecule has 9 heteroatoms. The first kappa shape index (κ1) is 19.8. The maximum Gasteiger partial charge on any atom is 0.283 e. The van der Waals surface area contributed by atoms with Crippen LogP contribution in [0.5, 0.6) is 0 Å². The van der Waals surface area contributed by atoms with Gasteiger partial charge in [-0.15, -0.1) is 0 Å². The topological polar surface area (TPSA) is 77.1 Å². The molecule has 0 saturated carbocycles. The molecule has 0 fully saturated rings. The Morgan fingerprint density at radius 3 is 1.90 bits per heavy atom. The molecule has 0 spiro atoms. The first-order valence-corrected chi connectivity index (χ1v) is 5.65. The van der Waals surface area contributed by atoms with Crippen LogP contribution < -0.4 is 0 Å². The number of hydrogen-bond acceptors (Lipinski definition) is 4. The minimum Gasteiger partial charge on any atom is -0.393 e. The Bertz CT molecular complexity index is 539. The van der Waals surface area contributed by atoms with Gasteiger partial charge < -0.3 is 10.2 Å². The molecule has 1 heterocycles. The van der Waals surface area contributed by atoms with E-state index in [1.165, 1.54) is 6.07 Å². The molecule has 1 aromatic heterocycles. The van der Waals surface area contributed by atoms with E-state index in [-0.39, 0.29) is 17.1 Å².